The Balaban J connectivity index is 3.06. The maximum Gasteiger partial charge on any atom is 0.355 e. The molecular formula is C18H30N2O3. The molecule has 0 fully saturated rings. The number of carbonyl (C=O) groups excluding carboxylic acids is 2. The van der Waals surface area contributed by atoms with E-state index in [0.29, 0.717) is 23.4 Å². The van der Waals surface area contributed by atoms with Crippen molar-refractivity contribution in [2.45, 2.75) is 60.3 Å². The molecule has 0 aliphatic carbocycles. The SMILES string of the molecule is CCCCN(CCCC)C(=O)c1c(C)[nH]c(C(=O)OCC)c1C. The molecule has 5 nitrogen and oxygen atoms in total. The molecule has 1 rings (SSSR count). The van der Waals surface area contributed by atoms with Crippen molar-refractivity contribution >= 4 is 11.9 Å². The molecule has 23 heavy (non-hydrogen) atoms. The topological polar surface area (TPSA) is 62.4 Å². The molecule has 0 saturated carbocycles. The second kappa shape index (κ2) is 9.38. The number of nitrogens with zero attached hydrogens (tertiary/aromatic N) is 1. The molecule has 0 aliphatic heterocycles. The molecule has 0 spiro atoms. The second-order valence-electron chi connectivity index (χ2n) is 5.84. The number of esters is 1. The summed E-state index contributed by atoms with van der Waals surface area (Å²) in [7, 11) is 0. The van der Waals surface area contributed by atoms with Crippen LogP contribution in [0.3, 0.4) is 0 Å². The van der Waals surface area contributed by atoms with Crippen molar-refractivity contribution in [2.24, 2.45) is 0 Å². The number of hydrogen-bond donors (Lipinski definition) is 1. The highest BCUT2D eigenvalue weighted by atomic mass is 16.5. The average Bonchev–Trinajstić information content (AvgIpc) is 2.82. The third-order valence-electron chi connectivity index (χ3n) is 3.98. The number of aryl methyl sites for hydroxylation is 1. The number of aromatic amines is 1. The van der Waals surface area contributed by atoms with E-state index in [0.717, 1.165) is 44.5 Å². The van der Waals surface area contributed by atoms with Crippen LogP contribution >= 0.6 is 0 Å². The molecule has 0 unspecified atom stereocenters. The molecular weight excluding hydrogens is 292 g/mol. The third kappa shape index (κ3) is 4.85. The van der Waals surface area contributed by atoms with E-state index in [1.54, 1.807) is 13.8 Å². The largest absolute Gasteiger partial charge is 0.461 e. The normalized spacial score (nSPS) is 10.7. The van der Waals surface area contributed by atoms with Gasteiger partial charge in [0, 0.05) is 18.8 Å². The summed E-state index contributed by atoms with van der Waals surface area (Å²) in [5, 5.41) is 0. The molecule has 1 N–H and O–H groups in total. The Morgan fingerprint density at radius 2 is 1.61 bits per heavy atom. The summed E-state index contributed by atoms with van der Waals surface area (Å²) < 4.78 is 5.05. The molecule has 5 heteroatoms. The van der Waals surface area contributed by atoms with Crippen molar-refractivity contribution in [3.63, 3.8) is 0 Å². The van der Waals surface area contributed by atoms with Gasteiger partial charge in [-0.1, -0.05) is 26.7 Å². The van der Waals surface area contributed by atoms with Crippen LogP contribution in [0.1, 0.15) is 78.6 Å². The predicted octanol–water partition coefficient (Wildman–Crippen LogP) is 3.85. The minimum absolute atomic E-state index is 0.00805. The van der Waals surface area contributed by atoms with Crippen LogP contribution in [0.4, 0.5) is 0 Å². The van der Waals surface area contributed by atoms with Crippen LogP contribution in [-0.2, 0) is 4.74 Å². The lowest BCUT2D eigenvalue weighted by Crippen LogP contribution is -2.33. The van der Waals surface area contributed by atoms with Crippen molar-refractivity contribution in [3.05, 3.63) is 22.5 Å². The summed E-state index contributed by atoms with van der Waals surface area (Å²) in [5.41, 5.74) is 2.41. The quantitative estimate of drug-likeness (QED) is 0.702. The molecule has 1 heterocycles. The van der Waals surface area contributed by atoms with Gasteiger partial charge in [0.15, 0.2) is 0 Å². The summed E-state index contributed by atoms with van der Waals surface area (Å²) in [6.07, 6.45) is 4.08. The number of carbonyl (C=O) groups is 2. The second-order valence-corrected chi connectivity index (χ2v) is 5.84. The van der Waals surface area contributed by atoms with Crippen LogP contribution in [0, 0.1) is 13.8 Å². The fourth-order valence-electron chi connectivity index (χ4n) is 2.65. The average molecular weight is 322 g/mol. The number of hydrogen-bond acceptors (Lipinski definition) is 3. The van der Waals surface area contributed by atoms with E-state index in [1.807, 2.05) is 11.8 Å². The summed E-state index contributed by atoms with van der Waals surface area (Å²) in [5.74, 6) is -0.394. The minimum Gasteiger partial charge on any atom is -0.461 e. The smallest absolute Gasteiger partial charge is 0.355 e. The van der Waals surface area contributed by atoms with E-state index in [2.05, 4.69) is 18.8 Å². The van der Waals surface area contributed by atoms with E-state index in [4.69, 9.17) is 4.74 Å². The first kappa shape index (κ1) is 19.3. The van der Waals surface area contributed by atoms with Crippen LogP contribution in [0.2, 0.25) is 0 Å². The lowest BCUT2D eigenvalue weighted by molar-refractivity contribution is 0.0519. The monoisotopic (exact) mass is 322 g/mol. The van der Waals surface area contributed by atoms with Gasteiger partial charge in [0.1, 0.15) is 5.69 Å². The van der Waals surface area contributed by atoms with Crippen molar-refractivity contribution in [2.75, 3.05) is 19.7 Å². The van der Waals surface area contributed by atoms with Gasteiger partial charge in [-0.3, -0.25) is 4.79 Å². The summed E-state index contributed by atoms with van der Waals surface area (Å²) in [6, 6.07) is 0. The number of amides is 1. The van der Waals surface area contributed by atoms with Crippen molar-refractivity contribution < 1.29 is 14.3 Å². The van der Waals surface area contributed by atoms with E-state index in [1.165, 1.54) is 0 Å². The molecule has 1 amide bonds. The van der Waals surface area contributed by atoms with Gasteiger partial charge in [0.25, 0.3) is 5.91 Å². The summed E-state index contributed by atoms with van der Waals surface area (Å²) >= 11 is 0. The molecule has 1 aromatic rings. The molecule has 0 radical (unpaired) electrons. The lowest BCUT2D eigenvalue weighted by Gasteiger charge is -2.23. The predicted molar refractivity (Wildman–Crippen MR) is 91.9 cm³/mol. The zero-order valence-electron chi connectivity index (χ0n) is 15.1. The Hall–Kier alpha value is -1.78. The molecule has 0 saturated heterocycles. The number of aromatic nitrogens is 1. The van der Waals surface area contributed by atoms with Crippen LogP contribution < -0.4 is 0 Å². The highest BCUT2D eigenvalue weighted by molar-refractivity contribution is 6.01. The zero-order chi connectivity index (χ0) is 17.4. The van der Waals surface area contributed by atoms with E-state index < -0.39 is 5.97 Å². The zero-order valence-corrected chi connectivity index (χ0v) is 15.1. The first-order valence-corrected chi connectivity index (χ1v) is 8.63. The van der Waals surface area contributed by atoms with Crippen LogP contribution in [0.15, 0.2) is 0 Å². The van der Waals surface area contributed by atoms with Crippen molar-refractivity contribution in [3.8, 4) is 0 Å². The number of rotatable bonds is 9. The van der Waals surface area contributed by atoms with E-state index in [-0.39, 0.29) is 5.91 Å². The van der Waals surface area contributed by atoms with Crippen LogP contribution in [0.5, 0.6) is 0 Å². The summed E-state index contributed by atoms with van der Waals surface area (Å²) in [6.45, 7) is 11.5. The van der Waals surface area contributed by atoms with E-state index in [9.17, 15) is 9.59 Å². The Morgan fingerprint density at radius 1 is 1.04 bits per heavy atom. The molecule has 1 aromatic heterocycles. The number of ether oxygens (including phenoxy) is 1. The number of unbranched alkanes of at least 4 members (excludes halogenated alkanes) is 2. The molecule has 0 atom stereocenters. The molecule has 130 valence electrons. The first-order chi connectivity index (χ1) is 11.0. The van der Waals surface area contributed by atoms with Gasteiger partial charge in [-0.05, 0) is 39.2 Å². The van der Waals surface area contributed by atoms with Gasteiger partial charge in [-0.2, -0.15) is 0 Å². The standard InChI is InChI=1S/C18H30N2O3/c1-6-9-11-20(12-10-7-2)17(21)15-13(4)16(19-14(15)5)18(22)23-8-3/h19H,6-12H2,1-5H3. The third-order valence-corrected chi connectivity index (χ3v) is 3.98. The Morgan fingerprint density at radius 3 is 2.09 bits per heavy atom. The van der Waals surface area contributed by atoms with Gasteiger partial charge < -0.3 is 14.6 Å². The fourth-order valence-corrected chi connectivity index (χ4v) is 2.65. The van der Waals surface area contributed by atoms with Gasteiger partial charge in [0.2, 0.25) is 0 Å². The van der Waals surface area contributed by atoms with Gasteiger partial charge >= 0.3 is 5.97 Å². The highest BCUT2D eigenvalue weighted by Crippen LogP contribution is 2.21. The van der Waals surface area contributed by atoms with Crippen molar-refractivity contribution in [1.29, 1.82) is 0 Å². The number of H-pyrrole nitrogens is 1. The van der Waals surface area contributed by atoms with Gasteiger partial charge in [-0.25, -0.2) is 4.79 Å². The first-order valence-electron chi connectivity index (χ1n) is 8.63. The maximum absolute atomic E-state index is 12.9. The van der Waals surface area contributed by atoms with Crippen molar-refractivity contribution in [1.82, 2.24) is 9.88 Å². The molecule has 0 aliphatic rings. The highest BCUT2D eigenvalue weighted by Gasteiger charge is 2.25. The Bertz CT molecular complexity index is 527. The molecule has 0 aromatic carbocycles. The molecule has 0 bridgehead atoms. The fraction of sp³-hybridized carbons (Fsp3) is 0.667. The lowest BCUT2D eigenvalue weighted by atomic mass is 10.1. The van der Waals surface area contributed by atoms with Gasteiger partial charge in [0.05, 0.1) is 12.2 Å². The number of nitrogens with one attached hydrogen (secondary N) is 1. The minimum atomic E-state index is -0.402. The van der Waals surface area contributed by atoms with E-state index >= 15 is 0 Å². The van der Waals surface area contributed by atoms with Crippen LogP contribution in [0.25, 0.3) is 0 Å². The van der Waals surface area contributed by atoms with Crippen LogP contribution in [-0.4, -0.2) is 41.5 Å². The maximum atomic E-state index is 12.9. The Kier molecular flexibility index (Phi) is 7.86. The summed E-state index contributed by atoms with van der Waals surface area (Å²) in [4.78, 5) is 29.9. The van der Waals surface area contributed by atoms with Gasteiger partial charge in [-0.15, -0.1) is 0 Å². The Labute approximate surface area is 139 Å².